The van der Waals surface area contributed by atoms with Crippen LogP contribution in [0, 0.1) is 5.92 Å². The molecule has 4 N–H and O–H groups in total. The first-order valence-corrected chi connectivity index (χ1v) is 13.3. The van der Waals surface area contributed by atoms with Gasteiger partial charge in [-0.25, -0.2) is 9.59 Å². The number of urea groups is 2. The Balaban J connectivity index is 1.47. The first-order valence-electron chi connectivity index (χ1n) is 13.3. The third-order valence-electron chi connectivity index (χ3n) is 7.48. The van der Waals surface area contributed by atoms with Gasteiger partial charge in [-0.15, -0.1) is 0 Å². The zero-order valence-electron chi connectivity index (χ0n) is 21.3. The number of rotatable bonds is 6. The Hall–Kier alpha value is -3.34. The Labute approximate surface area is 217 Å². The van der Waals surface area contributed by atoms with Crippen molar-refractivity contribution in [2.75, 3.05) is 51.3 Å². The van der Waals surface area contributed by atoms with E-state index in [0.29, 0.717) is 44.3 Å². The van der Waals surface area contributed by atoms with Crippen LogP contribution in [0.25, 0.3) is 0 Å². The molecule has 0 radical (unpaired) electrons. The van der Waals surface area contributed by atoms with Crippen LogP contribution in [-0.4, -0.2) is 96.6 Å². The van der Waals surface area contributed by atoms with Gasteiger partial charge in [-0.05, 0) is 24.5 Å². The molecule has 3 fully saturated rings. The van der Waals surface area contributed by atoms with E-state index in [4.69, 9.17) is 10.5 Å². The van der Waals surface area contributed by atoms with Crippen molar-refractivity contribution in [2.45, 2.75) is 50.6 Å². The Morgan fingerprint density at radius 2 is 1.65 bits per heavy atom. The standard InChI is InChI=1S/C26H38N6O5/c27-23(33)21(17-19-7-3-1-4-8-19)29-24(34)22-18-31(25(35)28-20-9-5-2-6-10-20)11-12-32(22)26(36)30-13-15-37-16-14-30/h2,5-6,9-10,19,21-22H,1,3-4,7-8,11-18H2,(H2,27,33)(H,28,35)(H,29,34). The van der Waals surface area contributed by atoms with E-state index in [-0.39, 0.29) is 31.7 Å². The number of carbonyl (C=O) groups excluding carboxylic acids is 4. The second kappa shape index (κ2) is 12.8. The van der Waals surface area contributed by atoms with E-state index in [2.05, 4.69) is 10.6 Å². The van der Waals surface area contributed by atoms with E-state index >= 15 is 0 Å². The van der Waals surface area contributed by atoms with Gasteiger partial charge in [-0.3, -0.25) is 9.59 Å². The summed E-state index contributed by atoms with van der Waals surface area (Å²) in [5.41, 5.74) is 6.31. The number of morpholine rings is 1. The van der Waals surface area contributed by atoms with E-state index in [0.717, 1.165) is 25.7 Å². The number of carbonyl (C=O) groups is 4. The van der Waals surface area contributed by atoms with Crippen LogP contribution < -0.4 is 16.4 Å². The molecule has 2 unspecified atom stereocenters. The highest BCUT2D eigenvalue weighted by molar-refractivity contribution is 5.94. The average Bonchev–Trinajstić information content (AvgIpc) is 2.93. The van der Waals surface area contributed by atoms with Gasteiger partial charge < -0.3 is 35.8 Å². The van der Waals surface area contributed by atoms with Crippen molar-refractivity contribution in [3.8, 4) is 0 Å². The van der Waals surface area contributed by atoms with Crippen LogP contribution in [0.3, 0.4) is 0 Å². The molecule has 11 nitrogen and oxygen atoms in total. The highest BCUT2D eigenvalue weighted by atomic mass is 16.5. The molecule has 2 saturated heterocycles. The van der Waals surface area contributed by atoms with Gasteiger partial charge in [0.2, 0.25) is 11.8 Å². The smallest absolute Gasteiger partial charge is 0.321 e. The van der Waals surface area contributed by atoms with Crippen molar-refractivity contribution in [2.24, 2.45) is 11.7 Å². The lowest BCUT2D eigenvalue weighted by Gasteiger charge is -2.43. The number of anilines is 1. The molecule has 2 heterocycles. The topological polar surface area (TPSA) is 137 Å². The van der Waals surface area contributed by atoms with E-state index in [1.54, 1.807) is 17.0 Å². The van der Waals surface area contributed by atoms with Crippen LogP contribution >= 0.6 is 0 Å². The average molecular weight is 515 g/mol. The van der Waals surface area contributed by atoms with Crippen LogP contribution in [0.4, 0.5) is 15.3 Å². The Morgan fingerprint density at radius 1 is 0.946 bits per heavy atom. The van der Waals surface area contributed by atoms with Gasteiger partial charge in [-0.2, -0.15) is 0 Å². The predicted molar refractivity (Wildman–Crippen MR) is 138 cm³/mol. The number of benzene rings is 1. The first-order chi connectivity index (χ1) is 17.9. The number of amides is 6. The van der Waals surface area contributed by atoms with Crippen molar-refractivity contribution in [1.82, 2.24) is 20.0 Å². The second-order valence-corrected chi connectivity index (χ2v) is 10.0. The minimum absolute atomic E-state index is 0.00942. The van der Waals surface area contributed by atoms with Gasteiger partial charge in [0.25, 0.3) is 0 Å². The number of nitrogens with two attached hydrogens (primary N) is 1. The molecule has 11 heteroatoms. The molecule has 2 atom stereocenters. The SMILES string of the molecule is NC(=O)C(CC1CCCCC1)NC(=O)C1CN(C(=O)Nc2ccccc2)CCN1C(=O)N1CCOCC1. The summed E-state index contributed by atoms with van der Waals surface area (Å²) >= 11 is 0. The van der Waals surface area contributed by atoms with Crippen LogP contribution in [0.2, 0.25) is 0 Å². The summed E-state index contributed by atoms with van der Waals surface area (Å²) in [5.74, 6) is -0.727. The minimum atomic E-state index is -0.946. The lowest BCUT2D eigenvalue weighted by atomic mass is 9.84. The third-order valence-corrected chi connectivity index (χ3v) is 7.48. The molecule has 202 valence electrons. The summed E-state index contributed by atoms with van der Waals surface area (Å²) in [4.78, 5) is 56.9. The zero-order chi connectivity index (χ0) is 26.2. The molecule has 6 amide bonds. The molecule has 1 aromatic carbocycles. The van der Waals surface area contributed by atoms with Crippen molar-refractivity contribution >= 4 is 29.6 Å². The zero-order valence-corrected chi connectivity index (χ0v) is 21.3. The van der Waals surface area contributed by atoms with Gasteiger partial charge in [-0.1, -0.05) is 50.3 Å². The molecule has 1 aromatic rings. The molecular formula is C26H38N6O5. The summed E-state index contributed by atoms with van der Waals surface area (Å²) in [6, 6.07) is 6.68. The summed E-state index contributed by atoms with van der Waals surface area (Å²) in [5, 5.41) is 5.66. The summed E-state index contributed by atoms with van der Waals surface area (Å²) in [6.07, 6.45) is 5.92. The number of primary amides is 1. The van der Waals surface area contributed by atoms with Crippen LogP contribution in [0.1, 0.15) is 38.5 Å². The molecule has 3 aliphatic rings. The lowest BCUT2D eigenvalue weighted by molar-refractivity contribution is -0.132. The fourth-order valence-corrected chi connectivity index (χ4v) is 5.35. The number of hydrogen-bond acceptors (Lipinski definition) is 5. The van der Waals surface area contributed by atoms with Crippen molar-refractivity contribution in [3.63, 3.8) is 0 Å². The molecule has 1 aliphatic carbocycles. The molecule has 37 heavy (non-hydrogen) atoms. The van der Waals surface area contributed by atoms with Gasteiger partial charge in [0, 0.05) is 31.9 Å². The van der Waals surface area contributed by atoms with Gasteiger partial charge in [0.05, 0.1) is 19.8 Å². The van der Waals surface area contributed by atoms with Crippen molar-refractivity contribution in [1.29, 1.82) is 0 Å². The first kappa shape index (κ1) is 26.7. The molecule has 0 bridgehead atoms. The van der Waals surface area contributed by atoms with Crippen LogP contribution in [0.15, 0.2) is 30.3 Å². The summed E-state index contributed by atoms with van der Waals surface area (Å²) in [6.45, 7) is 2.23. The number of ether oxygens (including phenoxy) is 1. The molecule has 2 aliphatic heterocycles. The molecule has 0 aromatic heterocycles. The number of hydrogen-bond donors (Lipinski definition) is 3. The number of nitrogens with one attached hydrogen (secondary N) is 2. The Kier molecular flexibility index (Phi) is 9.21. The van der Waals surface area contributed by atoms with Crippen molar-refractivity contribution in [3.05, 3.63) is 30.3 Å². The normalized spacial score (nSPS) is 21.7. The van der Waals surface area contributed by atoms with Crippen molar-refractivity contribution < 1.29 is 23.9 Å². The monoisotopic (exact) mass is 514 g/mol. The van der Waals surface area contributed by atoms with E-state index in [9.17, 15) is 19.2 Å². The Morgan fingerprint density at radius 3 is 2.32 bits per heavy atom. The maximum atomic E-state index is 13.6. The molecule has 1 saturated carbocycles. The van der Waals surface area contributed by atoms with Crippen LogP contribution in [-0.2, 0) is 14.3 Å². The van der Waals surface area contributed by atoms with E-state index in [1.165, 1.54) is 16.2 Å². The maximum Gasteiger partial charge on any atom is 0.321 e. The third kappa shape index (κ3) is 7.12. The fraction of sp³-hybridized carbons (Fsp3) is 0.615. The van der Waals surface area contributed by atoms with Gasteiger partial charge >= 0.3 is 12.1 Å². The van der Waals surface area contributed by atoms with Gasteiger partial charge in [0.15, 0.2) is 0 Å². The molecular weight excluding hydrogens is 476 g/mol. The number of piperazine rings is 1. The van der Waals surface area contributed by atoms with Gasteiger partial charge in [0.1, 0.15) is 12.1 Å². The van der Waals surface area contributed by atoms with E-state index < -0.39 is 23.9 Å². The maximum absolute atomic E-state index is 13.6. The fourth-order valence-electron chi connectivity index (χ4n) is 5.35. The predicted octanol–water partition coefficient (Wildman–Crippen LogP) is 1.60. The Bertz CT molecular complexity index is 948. The second-order valence-electron chi connectivity index (χ2n) is 10.0. The molecule has 0 spiro atoms. The highest BCUT2D eigenvalue weighted by Crippen LogP contribution is 2.27. The largest absolute Gasteiger partial charge is 0.378 e. The number of nitrogens with zero attached hydrogens (tertiary/aromatic N) is 3. The quantitative estimate of drug-likeness (QED) is 0.530. The minimum Gasteiger partial charge on any atom is -0.378 e. The van der Waals surface area contributed by atoms with Crippen LogP contribution in [0.5, 0.6) is 0 Å². The number of para-hydroxylation sites is 1. The summed E-state index contributed by atoms with van der Waals surface area (Å²) in [7, 11) is 0. The highest BCUT2D eigenvalue weighted by Gasteiger charge is 2.40. The summed E-state index contributed by atoms with van der Waals surface area (Å²) < 4.78 is 5.36. The molecule has 4 rings (SSSR count). The van der Waals surface area contributed by atoms with E-state index in [1.807, 2.05) is 18.2 Å². The lowest BCUT2D eigenvalue weighted by Crippen LogP contribution is -2.65.